The summed E-state index contributed by atoms with van der Waals surface area (Å²) in [6.07, 6.45) is 4.09. The Morgan fingerprint density at radius 1 is 1.55 bits per heavy atom. The zero-order valence-corrected chi connectivity index (χ0v) is 12.1. The van der Waals surface area contributed by atoms with Gasteiger partial charge in [-0.05, 0) is 38.3 Å². The van der Waals surface area contributed by atoms with Crippen LogP contribution >= 0.6 is 0 Å². The molecule has 2 rings (SSSR count). The van der Waals surface area contributed by atoms with Gasteiger partial charge in [-0.25, -0.2) is 0 Å². The number of amides is 2. The van der Waals surface area contributed by atoms with Gasteiger partial charge in [0.25, 0.3) is 5.91 Å². The van der Waals surface area contributed by atoms with Crippen molar-refractivity contribution in [2.45, 2.75) is 39.2 Å². The Balaban J connectivity index is 1.95. The summed E-state index contributed by atoms with van der Waals surface area (Å²) in [5.41, 5.74) is 0. The van der Waals surface area contributed by atoms with Crippen molar-refractivity contribution >= 4 is 11.8 Å². The van der Waals surface area contributed by atoms with Crippen molar-refractivity contribution < 1.29 is 14.0 Å². The van der Waals surface area contributed by atoms with E-state index >= 15 is 0 Å². The Morgan fingerprint density at radius 3 is 3.00 bits per heavy atom. The first-order chi connectivity index (χ1) is 9.61. The fourth-order valence-corrected chi connectivity index (χ4v) is 2.39. The Morgan fingerprint density at radius 2 is 2.35 bits per heavy atom. The minimum Gasteiger partial charge on any atom is -0.459 e. The Kier molecular flexibility index (Phi) is 4.82. The van der Waals surface area contributed by atoms with Gasteiger partial charge in [-0.1, -0.05) is 6.92 Å². The van der Waals surface area contributed by atoms with Crippen LogP contribution in [0.15, 0.2) is 22.8 Å². The molecule has 0 saturated carbocycles. The molecule has 5 nitrogen and oxygen atoms in total. The molecule has 2 amide bonds. The van der Waals surface area contributed by atoms with E-state index < -0.39 is 0 Å². The predicted molar refractivity (Wildman–Crippen MR) is 75.2 cm³/mol. The molecule has 2 atom stereocenters. The van der Waals surface area contributed by atoms with E-state index in [1.807, 2.05) is 13.8 Å². The summed E-state index contributed by atoms with van der Waals surface area (Å²) >= 11 is 0. The van der Waals surface area contributed by atoms with Crippen LogP contribution in [0.2, 0.25) is 0 Å². The van der Waals surface area contributed by atoms with Crippen molar-refractivity contribution in [1.82, 2.24) is 10.2 Å². The van der Waals surface area contributed by atoms with Gasteiger partial charge in [0, 0.05) is 19.1 Å². The van der Waals surface area contributed by atoms with Crippen molar-refractivity contribution in [2.75, 3.05) is 13.1 Å². The van der Waals surface area contributed by atoms with Crippen molar-refractivity contribution in [2.24, 2.45) is 5.92 Å². The molecule has 20 heavy (non-hydrogen) atoms. The lowest BCUT2D eigenvalue weighted by atomic mass is 9.96. The normalized spacial score (nSPS) is 20.5. The molecular formula is C15H22N2O3. The minimum atomic E-state index is -0.129. The number of carbonyl (C=O) groups is 2. The Bertz CT molecular complexity index is 456. The van der Waals surface area contributed by atoms with Gasteiger partial charge in [-0.2, -0.15) is 0 Å². The summed E-state index contributed by atoms with van der Waals surface area (Å²) in [6.45, 7) is 5.19. The van der Waals surface area contributed by atoms with E-state index in [1.165, 1.54) is 6.26 Å². The van der Waals surface area contributed by atoms with Crippen molar-refractivity contribution in [3.63, 3.8) is 0 Å². The zero-order valence-electron chi connectivity index (χ0n) is 12.1. The van der Waals surface area contributed by atoms with Gasteiger partial charge >= 0.3 is 0 Å². The summed E-state index contributed by atoms with van der Waals surface area (Å²) in [5.74, 6) is 0.150. The number of carbonyl (C=O) groups excluding carboxylic acids is 2. The highest BCUT2D eigenvalue weighted by Crippen LogP contribution is 2.19. The molecule has 0 radical (unpaired) electrons. The van der Waals surface area contributed by atoms with Gasteiger partial charge in [0.15, 0.2) is 5.76 Å². The molecule has 5 heteroatoms. The third-order valence-corrected chi connectivity index (χ3v) is 3.81. The molecule has 0 bridgehead atoms. The second kappa shape index (κ2) is 6.59. The molecule has 1 aliphatic rings. The maximum absolute atomic E-state index is 12.2. The van der Waals surface area contributed by atoms with Crippen LogP contribution in [0.4, 0.5) is 0 Å². The minimum absolute atomic E-state index is 0.0521. The van der Waals surface area contributed by atoms with Gasteiger partial charge in [0.2, 0.25) is 5.91 Å². The predicted octanol–water partition coefficient (Wildman–Crippen LogP) is 2.05. The maximum Gasteiger partial charge on any atom is 0.289 e. The molecule has 1 aliphatic heterocycles. The third-order valence-electron chi connectivity index (χ3n) is 3.81. The number of piperidine rings is 1. The van der Waals surface area contributed by atoms with E-state index in [2.05, 4.69) is 5.32 Å². The number of furan rings is 1. The van der Waals surface area contributed by atoms with E-state index in [4.69, 9.17) is 4.42 Å². The van der Waals surface area contributed by atoms with Crippen LogP contribution in [0.5, 0.6) is 0 Å². The molecule has 2 heterocycles. The summed E-state index contributed by atoms with van der Waals surface area (Å²) in [4.78, 5) is 26.1. The monoisotopic (exact) mass is 278 g/mol. The second-order valence-corrected chi connectivity index (χ2v) is 5.39. The molecule has 0 aliphatic carbocycles. The molecule has 1 fully saturated rings. The smallest absolute Gasteiger partial charge is 0.289 e. The number of hydrogen-bond donors (Lipinski definition) is 1. The number of likely N-dealkylation sites (tertiary alicyclic amines) is 1. The number of nitrogens with one attached hydrogen (secondary N) is 1. The highest BCUT2D eigenvalue weighted by Gasteiger charge is 2.30. The lowest BCUT2D eigenvalue weighted by molar-refractivity contribution is -0.127. The quantitative estimate of drug-likeness (QED) is 0.916. The fraction of sp³-hybridized carbons (Fsp3) is 0.600. The highest BCUT2D eigenvalue weighted by atomic mass is 16.3. The lowest BCUT2D eigenvalue weighted by Crippen LogP contribution is -2.47. The molecular weight excluding hydrogens is 256 g/mol. The summed E-state index contributed by atoms with van der Waals surface area (Å²) < 4.78 is 5.13. The zero-order chi connectivity index (χ0) is 14.5. The molecule has 0 aromatic carbocycles. The average molecular weight is 278 g/mol. The van der Waals surface area contributed by atoms with E-state index in [1.54, 1.807) is 17.0 Å². The fourth-order valence-electron chi connectivity index (χ4n) is 2.39. The molecule has 1 aromatic heterocycles. The average Bonchev–Trinajstić information content (AvgIpc) is 3.00. The van der Waals surface area contributed by atoms with Gasteiger partial charge < -0.3 is 14.6 Å². The SMILES string of the molecule is CCC(C)NC(=O)C1CCCN(C(=O)c2ccco2)C1. The number of hydrogen-bond acceptors (Lipinski definition) is 3. The molecule has 1 N–H and O–H groups in total. The van der Waals surface area contributed by atoms with Gasteiger partial charge in [-0.15, -0.1) is 0 Å². The topological polar surface area (TPSA) is 62.6 Å². The standard InChI is InChI=1S/C15H22N2O3/c1-3-11(2)16-14(18)12-6-4-8-17(10-12)15(19)13-7-5-9-20-13/h5,7,9,11-12H,3-4,6,8,10H2,1-2H3,(H,16,18). The summed E-state index contributed by atoms with van der Waals surface area (Å²) in [7, 11) is 0. The maximum atomic E-state index is 12.2. The lowest BCUT2D eigenvalue weighted by Gasteiger charge is -2.32. The number of rotatable bonds is 4. The first kappa shape index (κ1) is 14.6. The van der Waals surface area contributed by atoms with Crippen LogP contribution in [0.25, 0.3) is 0 Å². The van der Waals surface area contributed by atoms with E-state index in [0.29, 0.717) is 18.8 Å². The number of nitrogens with zero attached hydrogens (tertiary/aromatic N) is 1. The summed E-state index contributed by atoms with van der Waals surface area (Å²) in [6, 6.07) is 3.54. The van der Waals surface area contributed by atoms with Gasteiger partial charge in [0.05, 0.1) is 12.2 Å². The Labute approximate surface area is 119 Å². The van der Waals surface area contributed by atoms with E-state index in [-0.39, 0.29) is 23.8 Å². The summed E-state index contributed by atoms with van der Waals surface area (Å²) in [5, 5.41) is 2.99. The first-order valence-electron chi connectivity index (χ1n) is 7.25. The van der Waals surface area contributed by atoms with Crippen LogP contribution in [-0.2, 0) is 4.79 Å². The largest absolute Gasteiger partial charge is 0.459 e. The van der Waals surface area contributed by atoms with Crippen LogP contribution in [-0.4, -0.2) is 35.8 Å². The van der Waals surface area contributed by atoms with Crippen LogP contribution in [0, 0.1) is 5.92 Å². The highest BCUT2D eigenvalue weighted by molar-refractivity contribution is 5.92. The Hall–Kier alpha value is -1.78. The van der Waals surface area contributed by atoms with Crippen molar-refractivity contribution in [1.29, 1.82) is 0 Å². The van der Waals surface area contributed by atoms with Crippen LogP contribution < -0.4 is 5.32 Å². The van der Waals surface area contributed by atoms with Crippen LogP contribution in [0.3, 0.4) is 0 Å². The van der Waals surface area contributed by atoms with Gasteiger partial charge in [0.1, 0.15) is 0 Å². The first-order valence-corrected chi connectivity index (χ1v) is 7.25. The van der Waals surface area contributed by atoms with Crippen LogP contribution in [0.1, 0.15) is 43.7 Å². The molecule has 0 spiro atoms. The third kappa shape index (κ3) is 3.40. The van der Waals surface area contributed by atoms with E-state index in [9.17, 15) is 9.59 Å². The van der Waals surface area contributed by atoms with Crippen molar-refractivity contribution in [3.8, 4) is 0 Å². The molecule has 1 aromatic rings. The molecule has 2 unspecified atom stereocenters. The molecule has 1 saturated heterocycles. The van der Waals surface area contributed by atoms with E-state index in [0.717, 1.165) is 19.3 Å². The molecule has 110 valence electrons. The second-order valence-electron chi connectivity index (χ2n) is 5.39. The van der Waals surface area contributed by atoms with Gasteiger partial charge in [-0.3, -0.25) is 9.59 Å². The van der Waals surface area contributed by atoms with Crippen molar-refractivity contribution in [3.05, 3.63) is 24.2 Å².